The molecular formula is C22H26N4O5. The molecule has 3 fully saturated rings. The molecule has 4 heterocycles. The van der Waals surface area contributed by atoms with Crippen LogP contribution in [0.1, 0.15) is 52.0 Å². The van der Waals surface area contributed by atoms with Crippen molar-refractivity contribution >= 4 is 23.6 Å². The first-order valence-corrected chi connectivity index (χ1v) is 10.9. The van der Waals surface area contributed by atoms with Gasteiger partial charge in [-0.2, -0.15) is 0 Å². The lowest BCUT2D eigenvalue weighted by Gasteiger charge is -2.45. The Hall–Kier alpha value is -2.62. The number of hydrogen-bond donors (Lipinski definition) is 2. The Balaban J connectivity index is 1.32. The van der Waals surface area contributed by atoms with Gasteiger partial charge in [-0.05, 0) is 43.5 Å². The quantitative estimate of drug-likeness (QED) is 0.657. The smallest absolute Gasteiger partial charge is 0.262 e. The van der Waals surface area contributed by atoms with Crippen molar-refractivity contribution in [1.29, 1.82) is 0 Å². The minimum Gasteiger partial charge on any atom is -0.371 e. The SMILES string of the molecule is O=C1CCC(N2C(=O)c3ccc(CN4CCCC5(CNCCO5)C4)cc3C2=O)C(=O)N1. The molecule has 1 aromatic carbocycles. The van der Waals surface area contributed by atoms with Crippen molar-refractivity contribution < 1.29 is 23.9 Å². The third-order valence-corrected chi connectivity index (χ3v) is 6.66. The molecular weight excluding hydrogens is 400 g/mol. The van der Waals surface area contributed by atoms with E-state index in [1.807, 2.05) is 6.07 Å². The first-order valence-electron chi connectivity index (χ1n) is 10.9. The number of amides is 4. The second-order valence-corrected chi connectivity index (χ2v) is 8.85. The summed E-state index contributed by atoms with van der Waals surface area (Å²) in [4.78, 5) is 52.8. The van der Waals surface area contributed by atoms with Gasteiger partial charge in [-0.1, -0.05) is 6.07 Å². The van der Waals surface area contributed by atoms with Gasteiger partial charge < -0.3 is 10.1 Å². The van der Waals surface area contributed by atoms with Crippen LogP contribution in [0.5, 0.6) is 0 Å². The topological polar surface area (TPSA) is 108 Å². The lowest BCUT2D eigenvalue weighted by Crippen LogP contribution is -2.58. The molecule has 0 aromatic heterocycles. The highest BCUT2D eigenvalue weighted by Gasteiger charge is 2.45. The third-order valence-electron chi connectivity index (χ3n) is 6.66. The van der Waals surface area contributed by atoms with Crippen molar-refractivity contribution in [2.75, 3.05) is 32.8 Å². The van der Waals surface area contributed by atoms with Crippen molar-refractivity contribution in [2.45, 2.75) is 43.9 Å². The van der Waals surface area contributed by atoms with E-state index in [0.29, 0.717) is 17.7 Å². The summed E-state index contributed by atoms with van der Waals surface area (Å²) in [7, 11) is 0. The maximum atomic E-state index is 13.0. The number of nitrogens with one attached hydrogen (secondary N) is 2. The standard InChI is InChI=1S/C22H26N4O5/c27-18-5-4-17(19(28)24-18)26-20(29)15-3-2-14(10-16(15)21(26)30)11-25-8-1-6-22(13-25)12-23-7-9-31-22/h2-3,10,17,23H,1,4-9,11-13H2,(H,24,27,28). The molecule has 9 nitrogen and oxygen atoms in total. The normalized spacial score (nSPS) is 29.4. The number of hydrogen-bond acceptors (Lipinski definition) is 7. The maximum absolute atomic E-state index is 13.0. The summed E-state index contributed by atoms with van der Waals surface area (Å²) in [5.74, 6) is -1.91. The van der Waals surface area contributed by atoms with Crippen LogP contribution in [0.3, 0.4) is 0 Å². The molecule has 0 saturated carbocycles. The number of imide groups is 2. The fraction of sp³-hybridized carbons (Fsp3) is 0.545. The number of fused-ring (bicyclic) bond motifs is 1. The number of piperidine rings is 2. The van der Waals surface area contributed by atoms with E-state index in [2.05, 4.69) is 15.5 Å². The molecule has 1 aromatic rings. The Bertz CT molecular complexity index is 950. The predicted octanol–water partition coefficient (Wildman–Crippen LogP) is 0.0422. The number of benzene rings is 1. The number of carbonyl (C=O) groups is 4. The number of morpholine rings is 1. The highest BCUT2D eigenvalue weighted by atomic mass is 16.5. The van der Waals surface area contributed by atoms with E-state index in [1.54, 1.807) is 12.1 Å². The van der Waals surface area contributed by atoms with Gasteiger partial charge in [0, 0.05) is 32.6 Å². The second-order valence-electron chi connectivity index (χ2n) is 8.85. The summed E-state index contributed by atoms with van der Waals surface area (Å²) in [6.07, 6.45) is 2.36. The molecule has 3 saturated heterocycles. The first kappa shape index (κ1) is 20.3. The van der Waals surface area contributed by atoms with Crippen LogP contribution < -0.4 is 10.6 Å². The molecule has 4 aliphatic heterocycles. The van der Waals surface area contributed by atoms with E-state index in [-0.39, 0.29) is 24.3 Å². The molecule has 2 atom stereocenters. The number of nitrogens with zero attached hydrogens (tertiary/aromatic N) is 2. The van der Waals surface area contributed by atoms with Crippen LogP contribution >= 0.6 is 0 Å². The average molecular weight is 426 g/mol. The molecule has 164 valence electrons. The summed E-state index contributed by atoms with van der Waals surface area (Å²) >= 11 is 0. The van der Waals surface area contributed by atoms with Crippen LogP contribution in [-0.2, 0) is 20.9 Å². The van der Waals surface area contributed by atoms with E-state index in [4.69, 9.17) is 4.74 Å². The molecule has 4 aliphatic rings. The fourth-order valence-corrected chi connectivity index (χ4v) is 5.17. The highest BCUT2D eigenvalue weighted by molar-refractivity contribution is 6.23. The fourth-order valence-electron chi connectivity index (χ4n) is 5.17. The van der Waals surface area contributed by atoms with Gasteiger partial charge in [0.15, 0.2) is 0 Å². The Morgan fingerprint density at radius 3 is 2.74 bits per heavy atom. The Labute approximate surface area is 180 Å². The van der Waals surface area contributed by atoms with Crippen LogP contribution in [0.25, 0.3) is 0 Å². The number of likely N-dealkylation sites (tertiary alicyclic amines) is 1. The molecule has 0 aliphatic carbocycles. The maximum Gasteiger partial charge on any atom is 0.262 e. The predicted molar refractivity (Wildman–Crippen MR) is 109 cm³/mol. The first-order chi connectivity index (χ1) is 15.0. The van der Waals surface area contributed by atoms with Gasteiger partial charge in [0.1, 0.15) is 6.04 Å². The Kier molecular flexibility index (Phi) is 5.11. The van der Waals surface area contributed by atoms with Crippen LogP contribution in [0.2, 0.25) is 0 Å². The summed E-state index contributed by atoms with van der Waals surface area (Å²) in [6.45, 7) is 4.90. The van der Waals surface area contributed by atoms with E-state index in [1.165, 1.54) is 0 Å². The zero-order valence-electron chi connectivity index (χ0n) is 17.3. The van der Waals surface area contributed by atoms with Gasteiger partial charge in [-0.3, -0.25) is 34.3 Å². The molecule has 31 heavy (non-hydrogen) atoms. The van der Waals surface area contributed by atoms with Gasteiger partial charge in [0.05, 0.1) is 23.3 Å². The number of ether oxygens (including phenoxy) is 1. The van der Waals surface area contributed by atoms with Gasteiger partial charge in [-0.25, -0.2) is 0 Å². The zero-order valence-corrected chi connectivity index (χ0v) is 17.3. The Morgan fingerprint density at radius 1 is 1.13 bits per heavy atom. The van der Waals surface area contributed by atoms with Gasteiger partial charge in [-0.15, -0.1) is 0 Å². The third kappa shape index (κ3) is 3.66. The summed E-state index contributed by atoms with van der Waals surface area (Å²) in [5.41, 5.74) is 1.44. The number of rotatable bonds is 3. The minimum absolute atomic E-state index is 0.114. The molecule has 2 N–H and O–H groups in total. The van der Waals surface area contributed by atoms with Crippen molar-refractivity contribution in [2.24, 2.45) is 0 Å². The van der Waals surface area contributed by atoms with Crippen LogP contribution in [0, 0.1) is 0 Å². The lowest BCUT2D eigenvalue weighted by atomic mass is 9.91. The average Bonchev–Trinajstić information content (AvgIpc) is 2.99. The van der Waals surface area contributed by atoms with E-state index < -0.39 is 23.8 Å². The summed E-state index contributed by atoms with van der Waals surface area (Å²) < 4.78 is 6.11. The summed E-state index contributed by atoms with van der Waals surface area (Å²) in [5, 5.41) is 5.64. The van der Waals surface area contributed by atoms with Gasteiger partial charge >= 0.3 is 0 Å². The molecule has 0 radical (unpaired) electrons. The van der Waals surface area contributed by atoms with Crippen molar-refractivity contribution in [3.63, 3.8) is 0 Å². The Morgan fingerprint density at radius 2 is 1.97 bits per heavy atom. The van der Waals surface area contributed by atoms with Crippen LogP contribution in [0.15, 0.2) is 18.2 Å². The molecule has 4 amide bonds. The van der Waals surface area contributed by atoms with Crippen LogP contribution in [-0.4, -0.2) is 77.9 Å². The van der Waals surface area contributed by atoms with Crippen molar-refractivity contribution in [1.82, 2.24) is 20.4 Å². The minimum atomic E-state index is -0.938. The zero-order chi connectivity index (χ0) is 21.6. The van der Waals surface area contributed by atoms with Gasteiger partial charge in [0.25, 0.3) is 11.8 Å². The van der Waals surface area contributed by atoms with E-state index in [9.17, 15) is 19.2 Å². The molecule has 9 heteroatoms. The lowest BCUT2D eigenvalue weighted by molar-refractivity contribution is -0.136. The van der Waals surface area contributed by atoms with Crippen molar-refractivity contribution in [3.8, 4) is 0 Å². The molecule has 5 rings (SSSR count). The number of carbonyl (C=O) groups excluding carboxylic acids is 4. The summed E-state index contributed by atoms with van der Waals surface area (Å²) in [6, 6.07) is 4.38. The largest absolute Gasteiger partial charge is 0.371 e. The van der Waals surface area contributed by atoms with Gasteiger partial charge in [0.2, 0.25) is 11.8 Å². The second kappa shape index (κ2) is 7.81. The van der Waals surface area contributed by atoms with Crippen molar-refractivity contribution in [3.05, 3.63) is 34.9 Å². The molecule has 2 unspecified atom stereocenters. The molecule has 0 bridgehead atoms. The molecule has 1 spiro atoms. The highest BCUT2D eigenvalue weighted by Crippen LogP contribution is 2.30. The van der Waals surface area contributed by atoms with E-state index in [0.717, 1.165) is 56.1 Å². The monoisotopic (exact) mass is 426 g/mol. The van der Waals surface area contributed by atoms with Crippen LogP contribution in [0.4, 0.5) is 0 Å². The van der Waals surface area contributed by atoms with E-state index >= 15 is 0 Å².